The number of benzene rings is 2. The Balaban J connectivity index is 1.77. The van der Waals surface area contributed by atoms with E-state index in [1.54, 1.807) is 24.4 Å². The van der Waals surface area contributed by atoms with Gasteiger partial charge in [0, 0.05) is 48.3 Å². The lowest BCUT2D eigenvalue weighted by Crippen LogP contribution is -2.35. The lowest BCUT2D eigenvalue weighted by Gasteiger charge is -2.21. The number of rotatable bonds is 7. The highest BCUT2D eigenvalue weighted by Gasteiger charge is 2.16. The van der Waals surface area contributed by atoms with Gasteiger partial charge in [-0.15, -0.1) is 0 Å². The summed E-state index contributed by atoms with van der Waals surface area (Å²) in [7, 11) is 1.70. The van der Waals surface area contributed by atoms with Crippen LogP contribution in [0.25, 0.3) is 22.2 Å². The Morgan fingerprint density at radius 3 is 2.53 bits per heavy atom. The van der Waals surface area contributed by atoms with Crippen LogP contribution in [-0.2, 0) is 17.8 Å². The van der Waals surface area contributed by atoms with Crippen molar-refractivity contribution in [2.75, 3.05) is 18.6 Å². The van der Waals surface area contributed by atoms with Crippen LogP contribution in [0.1, 0.15) is 5.56 Å². The van der Waals surface area contributed by atoms with Gasteiger partial charge in [-0.1, -0.05) is 30.3 Å². The number of nitrogens with zero attached hydrogens (tertiary/aromatic N) is 3. The summed E-state index contributed by atoms with van der Waals surface area (Å²) in [6.07, 6.45) is 3.42. The number of aromatic nitrogens is 2. The van der Waals surface area contributed by atoms with E-state index < -0.39 is 6.03 Å². The number of fused-ring (bicyclic) bond motifs is 1. The summed E-state index contributed by atoms with van der Waals surface area (Å²) in [6.45, 7) is 1.74. The van der Waals surface area contributed by atoms with Crippen LogP contribution >= 0.6 is 0 Å². The van der Waals surface area contributed by atoms with Gasteiger partial charge in [-0.05, 0) is 47.5 Å². The monoisotopic (exact) mass is 400 g/mol. The number of pyridine rings is 1. The Labute approximate surface area is 175 Å². The van der Waals surface area contributed by atoms with Gasteiger partial charge in [0.25, 0.3) is 0 Å². The summed E-state index contributed by atoms with van der Waals surface area (Å²) in [6, 6.07) is 21.7. The van der Waals surface area contributed by atoms with Crippen LogP contribution in [-0.4, -0.2) is 29.3 Å². The molecule has 0 radical (unpaired) electrons. The highest BCUT2D eigenvalue weighted by molar-refractivity contribution is 5.95. The van der Waals surface area contributed by atoms with Crippen molar-refractivity contribution < 1.29 is 9.53 Å². The minimum Gasteiger partial charge on any atom is -0.383 e. The topological polar surface area (TPSA) is 73.4 Å². The minimum atomic E-state index is -0.492. The maximum atomic E-state index is 12.2. The number of amides is 2. The third-order valence-corrected chi connectivity index (χ3v) is 5.14. The molecule has 152 valence electrons. The van der Waals surface area contributed by atoms with E-state index in [4.69, 9.17) is 10.5 Å². The fourth-order valence-electron chi connectivity index (χ4n) is 3.66. The molecule has 0 aliphatic carbocycles. The molecule has 6 nitrogen and oxygen atoms in total. The van der Waals surface area contributed by atoms with Gasteiger partial charge >= 0.3 is 6.03 Å². The predicted octanol–water partition coefficient (Wildman–Crippen LogP) is 4.44. The lowest BCUT2D eigenvalue weighted by molar-refractivity contribution is 0.189. The Kier molecular flexibility index (Phi) is 5.77. The predicted molar refractivity (Wildman–Crippen MR) is 119 cm³/mol. The van der Waals surface area contributed by atoms with Gasteiger partial charge in [0.1, 0.15) is 0 Å². The lowest BCUT2D eigenvalue weighted by atomic mass is 10.1. The molecule has 4 rings (SSSR count). The average Bonchev–Trinajstić information content (AvgIpc) is 3.14. The molecule has 6 heteroatoms. The maximum Gasteiger partial charge on any atom is 0.319 e. The standard InChI is InChI=1S/C24H24N4O2/c1-30-14-13-27-22-8-7-21(28(24(25)29)17-18-9-11-26-12-10-18)15-20(22)16-23(27)19-5-3-2-4-6-19/h2-12,15-16H,13-14,17H2,1H3,(H2,25,29). The number of methoxy groups -OCH3 is 1. The number of hydrogen-bond acceptors (Lipinski definition) is 3. The Morgan fingerprint density at radius 1 is 1.07 bits per heavy atom. The van der Waals surface area contributed by atoms with Gasteiger partial charge in [-0.25, -0.2) is 4.79 Å². The van der Waals surface area contributed by atoms with E-state index >= 15 is 0 Å². The van der Waals surface area contributed by atoms with E-state index in [0.717, 1.165) is 40.0 Å². The highest BCUT2D eigenvalue weighted by atomic mass is 16.5. The molecule has 2 aromatic heterocycles. The summed E-state index contributed by atoms with van der Waals surface area (Å²) in [5.74, 6) is 0. The van der Waals surface area contributed by atoms with E-state index in [1.165, 1.54) is 0 Å². The molecule has 2 amide bonds. The molecule has 0 atom stereocenters. The van der Waals surface area contributed by atoms with Crippen molar-refractivity contribution in [3.05, 3.63) is 84.7 Å². The molecule has 4 aromatic rings. The Morgan fingerprint density at radius 2 is 1.83 bits per heavy atom. The Bertz CT molecular complexity index is 1140. The maximum absolute atomic E-state index is 12.2. The van der Waals surface area contributed by atoms with Crippen molar-refractivity contribution in [3.8, 4) is 11.3 Å². The third kappa shape index (κ3) is 4.04. The van der Waals surface area contributed by atoms with Crippen molar-refractivity contribution in [3.63, 3.8) is 0 Å². The number of carbonyl (C=O) groups is 1. The van der Waals surface area contributed by atoms with Gasteiger partial charge in [0.05, 0.1) is 13.2 Å². The average molecular weight is 400 g/mol. The number of ether oxygens (including phenoxy) is 1. The number of nitrogens with two attached hydrogens (primary N) is 1. The third-order valence-electron chi connectivity index (χ3n) is 5.14. The molecule has 0 saturated carbocycles. The molecule has 0 fully saturated rings. The number of primary amides is 1. The van der Waals surface area contributed by atoms with Gasteiger partial charge in [-0.3, -0.25) is 9.88 Å². The van der Waals surface area contributed by atoms with Crippen molar-refractivity contribution in [1.29, 1.82) is 0 Å². The second-order valence-corrected chi connectivity index (χ2v) is 7.06. The van der Waals surface area contributed by atoms with Crippen LogP contribution in [0.5, 0.6) is 0 Å². The van der Waals surface area contributed by atoms with E-state index in [-0.39, 0.29) is 0 Å². The van der Waals surface area contributed by atoms with Gasteiger partial charge in [0.15, 0.2) is 0 Å². The summed E-state index contributed by atoms with van der Waals surface area (Å²) < 4.78 is 7.56. The molecule has 0 bridgehead atoms. The van der Waals surface area contributed by atoms with E-state index in [1.807, 2.05) is 48.5 Å². The smallest absolute Gasteiger partial charge is 0.319 e. The largest absolute Gasteiger partial charge is 0.383 e. The van der Waals surface area contributed by atoms with E-state index in [0.29, 0.717) is 13.2 Å². The number of hydrogen-bond donors (Lipinski definition) is 1. The number of anilines is 1. The first kappa shape index (κ1) is 19.7. The second-order valence-electron chi connectivity index (χ2n) is 7.06. The van der Waals surface area contributed by atoms with Crippen LogP contribution in [0.2, 0.25) is 0 Å². The zero-order chi connectivity index (χ0) is 20.9. The molecular weight excluding hydrogens is 376 g/mol. The Hall–Kier alpha value is -3.64. The first-order valence-corrected chi connectivity index (χ1v) is 9.81. The molecule has 0 aliphatic rings. The summed E-state index contributed by atoms with van der Waals surface area (Å²) in [5, 5.41) is 1.04. The summed E-state index contributed by atoms with van der Waals surface area (Å²) in [5.41, 5.74) is 10.8. The second kappa shape index (κ2) is 8.80. The van der Waals surface area contributed by atoms with Crippen molar-refractivity contribution in [2.45, 2.75) is 13.1 Å². The van der Waals surface area contributed by atoms with Crippen LogP contribution < -0.4 is 10.6 Å². The number of urea groups is 1. The molecule has 2 aromatic carbocycles. The van der Waals surface area contributed by atoms with Gasteiger partial charge in [0.2, 0.25) is 0 Å². The van der Waals surface area contributed by atoms with E-state index in [2.05, 4.69) is 27.8 Å². The SMILES string of the molecule is COCCn1c(-c2ccccc2)cc2cc(N(Cc3ccncc3)C(N)=O)ccc21. The van der Waals surface area contributed by atoms with Gasteiger partial charge in [-0.2, -0.15) is 0 Å². The molecular formula is C24H24N4O2. The zero-order valence-corrected chi connectivity index (χ0v) is 16.9. The molecule has 0 aliphatic heterocycles. The molecule has 30 heavy (non-hydrogen) atoms. The highest BCUT2D eigenvalue weighted by Crippen LogP contribution is 2.31. The van der Waals surface area contributed by atoms with Crippen LogP contribution in [0.15, 0.2) is 79.1 Å². The van der Waals surface area contributed by atoms with E-state index in [9.17, 15) is 4.79 Å². The first-order valence-electron chi connectivity index (χ1n) is 9.81. The summed E-state index contributed by atoms with van der Waals surface area (Å²) >= 11 is 0. The normalized spacial score (nSPS) is 11.0. The van der Waals surface area contributed by atoms with Crippen LogP contribution in [0.4, 0.5) is 10.5 Å². The first-order chi connectivity index (χ1) is 14.7. The minimum absolute atomic E-state index is 0.388. The fraction of sp³-hybridized carbons (Fsp3) is 0.167. The number of carbonyl (C=O) groups excluding carboxylic acids is 1. The van der Waals surface area contributed by atoms with Crippen LogP contribution in [0, 0.1) is 0 Å². The van der Waals surface area contributed by atoms with Crippen molar-refractivity contribution >= 4 is 22.6 Å². The van der Waals surface area contributed by atoms with Gasteiger partial charge < -0.3 is 15.0 Å². The molecule has 0 saturated heterocycles. The van der Waals surface area contributed by atoms with Crippen LogP contribution in [0.3, 0.4) is 0 Å². The molecule has 2 heterocycles. The molecule has 0 unspecified atom stereocenters. The molecule has 0 spiro atoms. The molecule has 2 N–H and O–H groups in total. The zero-order valence-electron chi connectivity index (χ0n) is 16.9. The van der Waals surface area contributed by atoms with Crippen molar-refractivity contribution in [2.24, 2.45) is 5.73 Å². The quantitative estimate of drug-likeness (QED) is 0.499. The summed E-state index contributed by atoms with van der Waals surface area (Å²) in [4.78, 5) is 17.8. The van der Waals surface area contributed by atoms with Crippen molar-refractivity contribution in [1.82, 2.24) is 9.55 Å². The fourth-order valence-corrected chi connectivity index (χ4v) is 3.66.